The molecule has 1 aliphatic carbocycles. The van der Waals surface area contributed by atoms with E-state index in [2.05, 4.69) is 14.9 Å². The van der Waals surface area contributed by atoms with Crippen LogP contribution in [0.2, 0.25) is 5.02 Å². The molecule has 1 aromatic heterocycles. The molecule has 4 heteroatoms. The minimum atomic E-state index is 0.676. The van der Waals surface area contributed by atoms with Crippen molar-refractivity contribution >= 4 is 17.4 Å². The Labute approximate surface area is 81.7 Å². The Kier molecular flexibility index (Phi) is 1.50. The summed E-state index contributed by atoms with van der Waals surface area (Å²) in [5, 5.41) is 0.676. The van der Waals surface area contributed by atoms with Gasteiger partial charge in [0.15, 0.2) is 5.82 Å². The van der Waals surface area contributed by atoms with Gasteiger partial charge in [0.1, 0.15) is 11.3 Å². The van der Waals surface area contributed by atoms with E-state index in [9.17, 15) is 0 Å². The van der Waals surface area contributed by atoms with Crippen LogP contribution in [-0.2, 0) is 0 Å². The second-order valence-electron chi connectivity index (χ2n) is 3.74. The van der Waals surface area contributed by atoms with Crippen LogP contribution in [0, 0.1) is 5.92 Å². The first-order valence-electron chi connectivity index (χ1n) is 4.58. The molecule has 2 heterocycles. The second kappa shape index (κ2) is 2.58. The Morgan fingerprint density at radius 3 is 3.08 bits per heavy atom. The lowest BCUT2D eigenvalue weighted by Gasteiger charge is -2.19. The van der Waals surface area contributed by atoms with Crippen molar-refractivity contribution in [2.45, 2.75) is 18.9 Å². The van der Waals surface area contributed by atoms with Crippen LogP contribution in [0.1, 0.15) is 12.8 Å². The first-order valence-corrected chi connectivity index (χ1v) is 4.96. The highest BCUT2D eigenvalue weighted by Crippen LogP contribution is 2.46. The summed E-state index contributed by atoms with van der Waals surface area (Å²) in [4.78, 5) is 10.4. The Morgan fingerprint density at radius 1 is 1.54 bits per heavy atom. The van der Waals surface area contributed by atoms with Crippen LogP contribution in [0.15, 0.2) is 12.5 Å². The van der Waals surface area contributed by atoms with Crippen LogP contribution in [0.4, 0.5) is 5.82 Å². The molecule has 1 aliphatic heterocycles. The zero-order chi connectivity index (χ0) is 8.84. The maximum atomic E-state index is 6.02. The normalized spacial score (nSPS) is 30.4. The van der Waals surface area contributed by atoms with Crippen LogP contribution in [0.3, 0.4) is 0 Å². The molecule has 0 spiro atoms. The third-order valence-electron chi connectivity index (χ3n) is 2.95. The fourth-order valence-corrected chi connectivity index (χ4v) is 2.39. The van der Waals surface area contributed by atoms with E-state index < -0.39 is 0 Å². The largest absolute Gasteiger partial charge is 0.352 e. The predicted octanol–water partition coefficient (Wildman–Crippen LogP) is 1.73. The minimum Gasteiger partial charge on any atom is -0.352 e. The lowest BCUT2D eigenvalue weighted by molar-refractivity contribution is 0.791. The van der Waals surface area contributed by atoms with Gasteiger partial charge >= 0.3 is 0 Å². The van der Waals surface area contributed by atoms with Gasteiger partial charge in [-0.05, 0) is 18.8 Å². The third-order valence-corrected chi connectivity index (χ3v) is 3.21. The average Bonchev–Trinajstić information content (AvgIpc) is 2.81. The number of hydrogen-bond acceptors (Lipinski definition) is 3. The summed E-state index contributed by atoms with van der Waals surface area (Å²) in [6.07, 6.45) is 5.85. The van der Waals surface area contributed by atoms with Gasteiger partial charge in [-0.25, -0.2) is 9.97 Å². The summed E-state index contributed by atoms with van der Waals surface area (Å²) in [6.45, 7) is 1.10. The van der Waals surface area contributed by atoms with Crippen molar-refractivity contribution in [3.63, 3.8) is 0 Å². The molecule has 2 fully saturated rings. The molecule has 3 rings (SSSR count). The number of hydrogen-bond donors (Lipinski definition) is 0. The maximum absolute atomic E-state index is 6.02. The van der Waals surface area contributed by atoms with Crippen molar-refractivity contribution in [3.8, 4) is 0 Å². The number of piperidine rings is 1. The molecule has 2 atom stereocenters. The van der Waals surface area contributed by atoms with E-state index in [1.807, 2.05) is 0 Å². The van der Waals surface area contributed by atoms with Crippen molar-refractivity contribution in [1.82, 2.24) is 9.97 Å². The molecule has 1 saturated heterocycles. The zero-order valence-electron chi connectivity index (χ0n) is 7.15. The Hall–Kier alpha value is -0.830. The molecular formula is C9H10ClN3. The van der Waals surface area contributed by atoms with E-state index in [1.165, 1.54) is 12.8 Å². The van der Waals surface area contributed by atoms with E-state index >= 15 is 0 Å². The number of rotatable bonds is 1. The van der Waals surface area contributed by atoms with Crippen LogP contribution in [0.25, 0.3) is 0 Å². The standard InChI is InChI=1S/C9H10ClN3/c10-7-4-11-5-12-9(7)13-2-1-6-3-8(6)13/h4-6,8H,1-3H2. The first kappa shape index (κ1) is 7.56. The summed E-state index contributed by atoms with van der Waals surface area (Å²) in [7, 11) is 0. The predicted molar refractivity (Wildman–Crippen MR) is 50.9 cm³/mol. The SMILES string of the molecule is Clc1cncnc1N1CCC2CC21. The van der Waals surface area contributed by atoms with Gasteiger partial charge in [0.2, 0.25) is 0 Å². The average molecular weight is 196 g/mol. The summed E-state index contributed by atoms with van der Waals surface area (Å²) >= 11 is 6.02. The van der Waals surface area contributed by atoms with Crippen molar-refractivity contribution in [2.24, 2.45) is 5.92 Å². The molecule has 2 unspecified atom stereocenters. The van der Waals surface area contributed by atoms with Gasteiger partial charge in [0.25, 0.3) is 0 Å². The van der Waals surface area contributed by atoms with Crippen molar-refractivity contribution in [1.29, 1.82) is 0 Å². The van der Waals surface area contributed by atoms with Crippen molar-refractivity contribution in [3.05, 3.63) is 17.5 Å². The molecule has 3 nitrogen and oxygen atoms in total. The molecule has 0 N–H and O–H groups in total. The quantitative estimate of drug-likeness (QED) is 0.684. The van der Waals surface area contributed by atoms with Gasteiger partial charge in [-0.1, -0.05) is 11.6 Å². The highest BCUT2D eigenvalue weighted by Gasteiger charge is 2.47. The zero-order valence-corrected chi connectivity index (χ0v) is 7.91. The number of halogens is 1. The van der Waals surface area contributed by atoms with E-state index in [0.717, 1.165) is 18.3 Å². The van der Waals surface area contributed by atoms with Gasteiger partial charge < -0.3 is 4.90 Å². The fourth-order valence-electron chi connectivity index (χ4n) is 2.17. The third kappa shape index (κ3) is 1.10. The molecule has 0 radical (unpaired) electrons. The van der Waals surface area contributed by atoms with Crippen LogP contribution in [-0.4, -0.2) is 22.6 Å². The van der Waals surface area contributed by atoms with Crippen LogP contribution in [0.5, 0.6) is 0 Å². The lowest BCUT2D eigenvalue weighted by Crippen LogP contribution is -2.23. The molecule has 13 heavy (non-hydrogen) atoms. The lowest BCUT2D eigenvalue weighted by atomic mass is 10.3. The minimum absolute atomic E-state index is 0.676. The first-order chi connectivity index (χ1) is 6.36. The summed E-state index contributed by atoms with van der Waals surface area (Å²) in [5.74, 6) is 1.83. The molecule has 1 aromatic rings. The van der Waals surface area contributed by atoms with Gasteiger partial charge in [-0.2, -0.15) is 0 Å². The summed E-state index contributed by atoms with van der Waals surface area (Å²) < 4.78 is 0. The van der Waals surface area contributed by atoms with Crippen LogP contribution < -0.4 is 4.90 Å². The van der Waals surface area contributed by atoms with Gasteiger partial charge in [0, 0.05) is 12.6 Å². The smallest absolute Gasteiger partial charge is 0.151 e. The van der Waals surface area contributed by atoms with Crippen molar-refractivity contribution in [2.75, 3.05) is 11.4 Å². The maximum Gasteiger partial charge on any atom is 0.151 e. The second-order valence-corrected chi connectivity index (χ2v) is 4.15. The number of nitrogens with zero attached hydrogens (tertiary/aromatic N) is 3. The van der Waals surface area contributed by atoms with Gasteiger partial charge in [-0.3, -0.25) is 0 Å². The van der Waals surface area contributed by atoms with E-state index in [-0.39, 0.29) is 0 Å². The molecule has 0 bridgehead atoms. The Morgan fingerprint density at radius 2 is 2.46 bits per heavy atom. The van der Waals surface area contributed by atoms with E-state index in [1.54, 1.807) is 12.5 Å². The fraction of sp³-hybridized carbons (Fsp3) is 0.556. The Balaban J connectivity index is 1.95. The van der Waals surface area contributed by atoms with Gasteiger partial charge in [-0.15, -0.1) is 0 Å². The molecular weight excluding hydrogens is 186 g/mol. The number of anilines is 1. The topological polar surface area (TPSA) is 29.0 Å². The summed E-state index contributed by atoms with van der Waals surface area (Å²) in [5.41, 5.74) is 0. The molecule has 0 amide bonds. The molecule has 1 saturated carbocycles. The number of fused-ring (bicyclic) bond motifs is 1. The number of aromatic nitrogens is 2. The molecule has 2 aliphatic rings. The highest BCUT2D eigenvalue weighted by atomic mass is 35.5. The van der Waals surface area contributed by atoms with Crippen molar-refractivity contribution < 1.29 is 0 Å². The monoisotopic (exact) mass is 195 g/mol. The van der Waals surface area contributed by atoms with Crippen LogP contribution >= 0.6 is 11.6 Å². The summed E-state index contributed by atoms with van der Waals surface area (Å²) in [6, 6.07) is 0.715. The van der Waals surface area contributed by atoms with Gasteiger partial charge in [0.05, 0.1) is 6.20 Å². The van der Waals surface area contributed by atoms with E-state index in [4.69, 9.17) is 11.6 Å². The Bertz CT molecular complexity index is 341. The van der Waals surface area contributed by atoms with E-state index in [0.29, 0.717) is 11.1 Å². The molecule has 0 aromatic carbocycles. The molecule has 68 valence electrons. The highest BCUT2D eigenvalue weighted by molar-refractivity contribution is 6.32.